The third kappa shape index (κ3) is 3.18. The van der Waals surface area contributed by atoms with Crippen molar-refractivity contribution in [1.29, 1.82) is 0 Å². The van der Waals surface area contributed by atoms with Gasteiger partial charge in [-0.3, -0.25) is 8.98 Å². The minimum atomic E-state index is -3.67. The van der Waals surface area contributed by atoms with Gasteiger partial charge in [-0.2, -0.15) is 8.42 Å². The second-order valence-corrected chi connectivity index (χ2v) is 8.01. The minimum Gasteiger partial charge on any atom is -0.460 e. The molecule has 8 heteroatoms. The molecule has 2 aliphatic heterocycles. The zero-order valence-electron chi connectivity index (χ0n) is 11.4. The second kappa shape index (κ2) is 5.90. The normalized spacial score (nSPS) is 41.7. The van der Waals surface area contributed by atoms with Gasteiger partial charge >= 0.3 is 5.97 Å². The van der Waals surface area contributed by atoms with E-state index in [1.807, 2.05) is 19.1 Å². The van der Waals surface area contributed by atoms with E-state index in [0.29, 0.717) is 0 Å². The molecule has 6 atom stereocenters. The van der Waals surface area contributed by atoms with Crippen molar-refractivity contribution in [3.63, 3.8) is 0 Å². The van der Waals surface area contributed by atoms with E-state index in [4.69, 9.17) is 13.7 Å². The predicted molar refractivity (Wildman–Crippen MR) is 80.0 cm³/mol. The highest BCUT2D eigenvalue weighted by Gasteiger charge is 2.56. The highest BCUT2D eigenvalue weighted by atomic mass is 127. The highest BCUT2D eigenvalue weighted by Crippen LogP contribution is 2.40. The van der Waals surface area contributed by atoms with Crippen LogP contribution in [-0.2, 0) is 28.6 Å². The lowest BCUT2D eigenvalue weighted by Crippen LogP contribution is -2.54. The molecule has 0 N–H and O–H groups in total. The standard InChI is InChI=1S/C12H17IO6S/c1-4-5-7-9(13)11(19-20(3,15)16)8-10(18-7)6(2)17-12(8)14/h4-11H,1-3H3/b5-4+/t6-,7-,8+,9-,10+,11-/m0/s1. The van der Waals surface area contributed by atoms with Crippen molar-refractivity contribution < 1.29 is 26.9 Å². The number of esters is 1. The molecule has 0 bridgehead atoms. The first-order valence-electron chi connectivity index (χ1n) is 6.25. The number of rotatable bonds is 3. The van der Waals surface area contributed by atoms with E-state index < -0.39 is 40.3 Å². The van der Waals surface area contributed by atoms with Gasteiger partial charge in [-0.1, -0.05) is 34.7 Å². The zero-order chi connectivity index (χ0) is 15.1. The number of hydrogen-bond donors (Lipinski definition) is 0. The van der Waals surface area contributed by atoms with E-state index in [2.05, 4.69) is 22.6 Å². The molecule has 0 saturated carbocycles. The molecule has 0 spiro atoms. The van der Waals surface area contributed by atoms with Crippen molar-refractivity contribution in [1.82, 2.24) is 0 Å². The lowest BCUT2D eigenvalue weighted by Gasteiger charge is -2.39. The van der Waals surface area contributed by atoms with Crippen molar-refractivity contribution in [2.75, 3.05) is 6.26 Å². The van der Waals surface area contributed by atoms with Gasteiger partial charge in [0.15, 0.2) is 0 Å². The number of alkyl halides is 1. The summed E-state index contributed by atoms with van der Waals surface area (Å²) < 4.78 is 38.8. The minimum absolute atomic E-state index is 0.294. The smallest absolute Gasteiger partial charge is 0.314 e. The monoisotopic (exact) mass is 416 g/mol. The van der Waals surface area contributed by atoms with Gasteiger partial charge in [-0.15, -0.1) is 0 Å². The van der Waals surface area contributed by atoms with Crippen molar-refractivity contribution in [2.24, 2.45) is 5.92 Å². The van der Waals surface area contributed by atoms with Gasteiger partial charge < -0.3 is 9.47 Å². The Hall–Kier alpha value is -0.190. The first-order valence-corrected chi connectivity index (χ1v) is 9.32. The largest absolute Gasteiger partial charge is 0.460 e. The summed E-state index contributed by atoms with van der Waals surface area (Å²) in [5.41, 5.74) is 0. The molecule has 2 rings (SSSR count). The maximum absolute atomic E-state index is 11.9. The van der Waals surface area contributed by atoms with Gasteiger partial charge in [0.2, 0.25) is 0 Å². The van der Waals surface area contributed by atoms with Crippen LogP contribution < -0.4 is 0 Å². The lowest BCUT2D eigenvalue weighted by atomic mass is 9.88. The molecule has 0 amide bonds. The average Bonchev–Trinajstić information content (AvgIpc) is 2.58. The van der Waals surface area contributed by atoms with Crippen LogP contribution in [0.25, 0.3) is 0 Å². The number of fused-ring (bicyclic) bond motifs is 1. The molecule has 0 unspecified atom stereocenters. The number of carbonyl (C=O) groups excluding carboxylic acids is 1. The van der Waals surface area contributed by atoms with Crippen molar-refractivity contribution in [2.45, 2.75) is 42.2 Å². The van der Waals surface area contributed by atoms with E-state index >= 15 is 0 Å². The molecular formula is C12H17IO6S. The Morgan fingerprint density at radius 2 is 2.05 bits per heavy atom. The predicted octanol–water partition coefficient (Wildman–Crippen LogP) is 1.04. The van der Waals surface area contributed by atoms with Crippen molar-refractivity contribution >= 4 is 38.7 Å². The number of ether oxygens (including phenoxy) is 2. The molecule has 2 heterocycles. The number of hydrogen-bond acceptors (Lipinski definition) is 6. The molecule has 6 nitrogen and oxygen atoms in total. The molecular weight excluding hydrogens is 399 g/mol. The van der Waals surface area contributed by atoms with Crippen LogP contribution >= 0.6 is 22.6 Å². The van der Waals surface area contributed by atoms with Crippen molar-refractivity contribution in [3.05, 3.63) is 12.2 Å². The fourth-order valence-electron chi connectivity index (χ4n) is 2.57. The summed E-state index contributed by atoms with van der Waals surface area (Å²) in [6.45, 7) is 3.59. The summed E-state index contributed by atoms with van der Waals surface area (Å²) in [4.78, 5) is 11.9. The fraction of sp³-hybridized carbons (Fsp3) is 0.750. The van der Waals surface area contributed by atoms with Gasteiger partial charge in [0.1, 0.15) is 24.2 Å². The Kier molecular flexibility index (Phi) is 4.77. The maximum Gasteiger partial charge on any atom is 0.314 e. The quantitative estimate of drug-likeness (QED) is 0.225. The van der Waals surface area contributed by atoms with Crippen LogP contribution in [0.4, 0.5) is 0 Å². The van der Waals surface area contributed by atoms with Crippen LogP contribution in [0.1, 0.15) is 13.8 Å². The first kappa shape index (κ1) is 16.2. The number of carbonyl (C=O) groups is 1. The van der Waals surface area contributed by atoms with Gasteiger partial charge in [0.05, 0.1) is 16.3 Å². The molecule has 2 aliphatic rings. The molecule has 20 heavy (non-hydrogen) atoms. The molecule has 0 aromatic carbocycles. The summed E-state index contributed by atoms with van der Waals surface area (Å²) in [5.74, 6) is -1.17. The summed E-state index contributed by atoms with van der Waals surface area (Å²) in [6, 6.07) is 0. The summed E-state index contributed by atoms with van der Waals surface area (Å²) >= 11 is 2.06. The Balaban J connectivity index is 2.34. The summed E-state index contributed by atoms with van der Waals surface area (Å²) in [7, 11) is -3.67. The van der Waals surface area contributed by atoms with Crippen LogP contribution in [0.2, 0.25) is 0 Å². The third-order valence-corrected chi connectivity index (χ3v) is 5.34. The van der Waals surface area contributed by atoms with Gasteiger partial charge in [-0.05, 0) is 13.8 Å². The van der Waals surface area contributed by atoms with Crippen LogP contribution in [-0.4, -0.2) is 49.0 Å². The fourth-order valence-corrected chi connectivity index (χ4v) is 4.41. The molecule has 0 aromatic rings. The topological polar surface area (TPSA) is 78.9 Å². The average molecular weight is 416 g/mol. The Labute approximate surface area is 132 Å². The molecule has 0 radical (unpaired) electrons. The molecule has 0 aliphatic carbocycles. The van der Waals surface area contributed by atoms with Gasteiger partial charge in [-0.25, -0.2) is 0 Å². The van der Waals surface area contributed by atoms with E-state index in [0.717, 1.165) is 6.26 Å². The number of halogens is 1. The van der Waals surface area contributed by atoms with E-state index in [1.165, 1.54) is 0 Å². The highest BCUT2D eigenvalue weighted by molar-refractivity contribution is 14.1. The molecule has 2 fully saturated rings. The molecule has 2 saturated heterocycles. The van der Waals surface area contributed by atoms with Gasteiger partial charge in [0, 0.05) is 0 Å². The Morgan fingerprint density at radius 1 is 1.40 bits per heavy atom. The summed E-state index contributed by atoms with van der Waals surface area (Å²) in [6.07, 6.45) is 2.66. The van der Waals surface area contributed by atoms with E-state index in [9.17, 15) is 13.2 Å². The molecule has 114 valence electrons. The van der Waals surface area contributed by atoms with Gasteiger partial charge in [0.25, 0.3) is 10.1 Å². The van der Waals surface area contributed by atoms with Crippen molar-refractivity contribution in [3.8, 4) is 0 Å². The zero-order valence-corrected chi connectivity index (χ0v) is 14.3. The van der Waals surface area contributed by atoms with Crippen LogP contribution in [0.15, 0.2) is 12.2 Å². The SMILES string of the molecule is C/C=C/[C@@H]1O[C@H]2[C@@H](C(=O)O[C@H]2C)[C@H](OS(C)(=O)=O)[C@H]1I. The van der Waals surface area contributed by atoms with E-state index in [1.54, 1.807) is 6.92 Å². The van der Waals surface area contributed by atoms with Crippen LogP contribution in [0.5, 0.6) is 0 Å². The number of allylic oxidation sites excluding steroid dienone is 1. The van der Waals surface area contributed by atoms with E-state index in [-0.39, 0.29) is 10.0 Å². The lowest BCUT2D eigenvalue weighted by molar-refractivity contribution is -0.147. The Bertz CT molecular complexity index is 516. The second-order valence-electron chi connectivity index (χ2n) is 4.97. The van der Waals surface area contributed by atoms with Crippen LogP contribution in [0.3, 0.4) is 0 Å². The Morgan fingerprint density at radius 3 is 2.60 bits per heavy atom. The maximum atomic E-state index is 11.9. The summed E-state index contributed by atoms with van der Waals surface area (Å²) in [5, 5.41) is 0. The third-order valence-electron chi connectivity index (χ3n) is 3.35. The van der Waals surface area contributed by atoms with Crippen LogP contribution in [0, 0.1) is 5.92 Å². The molecule has 0 aromatic heterocycles. The number of cyclic esters (lactones) is 1. The first-order chi connectivity index (χ1) is 9.24.